The molecular weight excluding hydrogens is 260 g/mol. The molecule has 0 radical (unpaired) electrons. The maximum absolute atomic E-state index is 11.6. The molecule has 2 heterocycles. The number of nitrogens with one attached hydrogen (secondary N) is 2. The van der Waals surface area contributed by atoms with Crippen LogP contribution in [-0.2, 0) is 16.0 Å². The third kappa shape index (κ3) is 5.26. The fraction of sp³-hybridized carbons (Fsp3) is 0.769. The van der Waals surface area contributed by atoms with Crippen molar-refractivity contribution in [1.82, 2.24) is 20.8 Å². The van der Waals surface area contributed by atoms with Crippen LogP contribution in [0.3, 0.4) is 0 Å². The molecule has 0 aromatic carbocycles. The van der Waals surface area contributed by atoms with Gasteiger partial charge in [0.15, 0.2) is 5.82 Å². The highest BCUT2D eigenvalue weighted by Crippen LogP contribution is 2.07. The van der Waals surface area contributed by atoms with Gasteiger partial charge in [0.2, 0.25) is 11.8 Å². The molecule has 0 unspecified atom stereocenters. The Morgan fingerprint density at radius 1 is 1.50 bits per heavy atom. The summed E-state index contributed by atoms with van der Waals surface area (Å²) in [6, 6.07) is 0. The zero-order chi connectivity index (χ0) is 14.2. The fourth-order valence-corrected chi connectivity index (χ4v) is 2.12. The summed E-state index contributed by atoms with van der Waals surface area (Å²) in [7, 11) is 0. The molecule has 1 aliphatic heterocycles. The summed E-state index contributed by atoms with van der Waals surface area (Å²) in [6.07, 6.45) is 3.30. The second-order valence-corrected chi connectivity index (χ2v) is 4.91. The van der Waals surface area contributed by atoms with Crippen molar-refractivity contribution in [1.29, 1.82) is 0 Å². The molecule has 1 saturated heterocycles. The summed E-state index contributed by atoms with van der Waals surface area (Å²) in [5, 5.41) is 9.79. The van der Waals surface area contributed by atoms with E-state index in [0.717, 1.165) is 25.9 Å². The maximum Gasteiger partial charge on any atom is 0.228 e. The van der Waals surface area contributed by atoms with Crippen LogP contribution in [-0.4, -0.2) is 48.4 Å². The van der Waals surface area contributed by atoms with Gasteiger partial charge in [-0.05, 0) is 32.9 Å². The fourth-order valence-electron chi connectivity index (χ4n) is 2.12. The summed E-state index contributed by atoms with van der Waals surface area (Å²) in [6.45, 7) is 4.76. The van der Waals surface area contributed by atoms with E-state index in [1.807, 2.05) is 0 Å². The first-order chi connectivity index (χ1) is 9.74. The number of piperidine rings is 1. The molecule has 2 rings (SSSR count). The molecule has 0 spiro atoms. The SMILES string of the molecule is Cc1noc(CCNC(=O)CCOC2CCNCC2)n1. The van der Waals surface area contributed by atoms with Gasteiger partial charge in [-0.15, -0.1) is 0 Å². The van der Waals surface area contributed by atoms with Crippen LogP contribution < -0.4 is 10.6 Å². The monoisotopic (exact) mass is 282 g/mol. The highest BCUT2D eigenvalue weighted by atomic mass is 16.5. The number of nitrogens with zero attached hydrogens (tertiary/aromatic N) is 2. The van der Waals surface area contributed by atoms with Crippen molar-refractivity contribution in [2.24, 2.45) is 0 Å². The number of aromatic nitrogens is 2. The van der Waals surface area contributed by atoms with E-state index in [1.54, 1.807) is 6.92 Å². The predicted octanol–water partition coefficient (Wildman–Crippen LogP) is 0.195. The largest absolute Gasteiger partial charge is 0.378 e. The number of hydrogen-bond donors (Lipinski definition) is 2. The highest BCUT2D eigenvalue weighted by Gasteiger charge is 2.13. The molecule has 0 atom stereocenters. The van der Waals surface area contributed by atoms with Crippen LogP contribution in [0, 0.1) is 6.92 Å². The van der Waals surface area contributed by atoms with Crippen LogP contribution in [0.1, 0.15) is 31.0 Å². The van der Waals surface area contributed by atoms with Crippen LogP contribution in [0.2, 0.25) is 0 Å². The smallest absolute Gasteiger partial charge is 0.228 e. The van der Waals surface area contributed by atoms with Crippen molar-refractivity contribution >= 4 is 5.91 Å². The van der Waals surface area contributed by atoms with Gasteiger partial charge in [0.1, 0.15) is 0 Å². The van der Waals surface area contributed by atoms with Gasteiger partial charge in [0.25, 0.3) is 0 Å². The van der Waals surface area contributed by atoms with Gasteiger partial charge in [0, 0.05) is 19.4 Å². The van der Waals surface area contributed by atoms with Crippen molar-refractivity contribution < 1.29 is 14.1 Å². The van der Waals surface area contributed by atoms with E-state index in [0.29, 0.717) is 43.8 Å². The van der Waals surface area contributed by atoms with E-state index in [1.165, 1.54) is 0 Å². The Labute approximate surface area is 118 Å². The molecule has 2 N–H and O–H groups in total. The molecule has 7 nitrogen and oxygen atoms in total. The minimum atomic E-state index is -0.00447. The zero-order valence-electron chi connectivity index (χ0n) is 11.9. The third-order valence-electron chi connectivity index (χ3n) is 3.20. The van der Waals surface area contributed by atoms with E-state index >= 15 is 0 Å². The van der Waals surface area contributed by atoms with Gasteiger partial charge in [0.05, 0.1) is 12.7 Å². The maximum atomic E-state index is 11.6. The van der Waals surface area contributed by atoms with Crippen LogP contribution in [0.4, 0.5) is 0 Å². The van der Waals surface area contributed by atoms with Crippen molar-refractivity contribution in [2.75, 3.05) is 26.2 Å². The molecule has 20 heavy (non-hydrogen) atoms. The van der Waals surface area contributed by atoms with Gasteiger partial charge in [-0.3, -0.25) is 4.79 Å². The van der Waals surface area contributed by atoms with Crippen LogP contribution in [0.5, 0.6) is 0 Å². The molecule has 0 saturated carbocycles. The van der Waals surface area contributed by atoms with E-state index in [2.05, 4.69) is 20.8 Å². The van der Waals surface area contributed by atoms with Crippen LogP contribution in [0.15, 0.2) is 4.52 Å². The Morgan fingerprint density at radius 2 is 2.30 bits per heavy atom. The number of rotatable bonds is 7. The Balaban J connectivity index is 1.51. The lowest BCUT2D eigenvalue weighted by Crippen LogP contribution is -2.33. The molecule has 0 bridgehead atoms. The van der Waals surface area contributed by atoms with Gasteiger partial charge >= 0.3 is 0 Å². The minimum absolute atomic E-state index is 0.00447. The quantitative estimate of drug-likeness (QED) is 0.742. The van der Waals surface area contributed by atoms with Crippen molar-refractivity contribution in [2.45, 2.75) is 38.7 Å². The Kier molecular flexibility index (Phi) is 5.94. The third-order valence-corrected chi connectivity index (χ3v) is 3.20. The molecule has 1 aromatic heterocycles. The topological polar surface area (TPSA) is 89.3 Å². The minimum Gasteiger partial charge on any atom is -0.378 e. The summed E-state index contributed by atoms with van der Waals surface area (Å²) in [5.41, 5.74) is 0. The lowest BCUT2D eigenvalue weighted by Gasteiger charge is -2.22. The molecule has 1 aliphatic rings. The van der Waals surface area contributed by atoms with Gasteiger partial charge in [-0.25, -0.2) is 0 Å². The van der Waals surface area contributed by atoms with Crippen LogP contribution in [0.25, 0.3) is 0 Å². The van der Waals surface area contributed by atoms with Crippen LogP contribution >= 0.6 is 0 Å². The number of carbonyl (C=O) groups is 1. The van der Waals surface area contributed by atoms with E-state index in [-0.39, 0.29) is 5.91 Å². The first-order valence-corrected chi connectivity index (χ1v) is 7.12. The first kappa shape index (κ1) is 14.9. The van der Waals surface area contributed by atoms with Crippen molar-refractivity contribution in [3.63, 3.8) is 0 Å². The summed E-state index contributed by atoms with van der Waals surface area (Å²) < 4.78 is 10.6. The zero-order valence-corrected chi connectivity index (χ0v) is 11.9. The average molecular weight is 282 g/mol. The molecule has 112 valence electrons. The van der Waals surface area contributed by atoms with Crippen molar-refractivity contribution in [3.05, 3.63) is 11.7 Å². The van der Waals surface area contributed by atoms with E-state index < -0.39 is 0 Å². The van der Waals surface area contributed by atoms with Crippen molar-refractivity contribution in [3.8, 4) is 0 Å². The summed E-state index contributed by atoms with van der Waals surface area (Å²) in [5.74, 6) is 1.16. The van der Waals surface area contributed by atoms with Gasteiger partial charge < -0.3 is 19.9 Å². The lowest BCUT2D eigenvalue weighted by atomic mass is 10.1. The number of aryl methyl sites for hydroxylation is 1. The molecular formula is C13H22N4O3. The highest BCUT2D eigenvalue weighted by molar-refractivity contribution is 5.75. The molecule has 1 fully saturated rings. The number of ether oxygens (including phenoxy) is 1. The van der Waals surface area contributed by atoms with E-state index in [9.17, 15) is 4.79 Å². The average Bonchev–Trinajstić information content (AvgIpc) is 2.86. The Morgan fingerprint density at radius 3 is 3.00 bits per heavy atom. The van der Waals surface area contributed by atoms with Gasteiger partial charge in [-0.2, -0.15) is 4.98 Å². The lowest BCUT2D eigenvalue weighted by molar-refractivity contribution is -0.122. The molecule has 0 aliphatic carbocycles. The number of hydrogen-bond acceptors (Lipinski definition) is 6. The summed E-state index contributed by atoms with van der Waals surface area (Å²) in [4.78, 5) is 15.7. The number of carbonyl (C=O) groups excluding carboxylic acids is 1. The number of amides is 1. The Bertz CT molecular complexity index is 416. The normalized spacial score (nSPS) is 16.2. The second-order valence-electron chi connectivity index (χ2n) is 4.91. The van der Waals surface area contributed by atoms with E-state index in [4.69, 9.17) is 9.26 Å². The molecule has 1 amide bonds. The Hall–Kier alpha value is -1.47. The second kappa shape index (κ2) is 7.96. The molecule has 7 heteroatoms. The predicted molar refractivity (Wildman–Crippen MR) is 72.2 cm³/mol. The first-order valence-electron chi connectivity index (χ1n) is 7.12. The van der Waals surface area contributed by atoms with Gasteiger partial charge in [-0.1, -0.05) is 5.16 Å². The molecule has 1 aromatic rings. The standard InChI is InChI=1S/C13H22N4O3/c1-10-16-13(20-17-10)4-8-15-12(18)5-9-19-11-2-6-14-7-3-11/h11,14H,2-9H2,1H3,(H,15,18). The summed E-state index contributed by atoms with van der Waals surface area (Å²) >= 11 is 0.